The van der Waals surface area contributed by atoms with Gasteiger partial charge in [-0.05, 0) is 31.2 Å². The molecule has 0 saturated heterocycles. The minimum absolute atomic E-state index is 0.126. The molecule has 0 spiro atoms. The molecule has 0 radical (unpaired) electrons. The van der Waals surface area contributed by atoms with Crippen molar-refractivity contribution < 1.29 is 13.9 Å². The first-order valence-electron chi connectivity index (χ1n) is 8.06. The van der Waals surface area contributed by atoms with Gasteiger partial charge in [0.1, 0.15) is 17.9 Å². The van der Waals surface area contributed by atoms with E-state index in [-0.39, 0.29) is 11.7 Å². The summed E-state index contributed by atoms with van der Waals surface area (Å²) in [5, 5.41) is 11.4. The Morgan fingerprint density at radius 3 is 2.96 bits per heavy atom. The van der Waals surface area contributed by atoms with Gasteiger partial charge in [-0.25, -0.2) is 4.79 Å². The summed E-state index contributed by atoms with van der Waals surface area (Å²) in [6.07, 6.45) is 0. The minimum atomic E-state index is -0.369. The molecule has 7 heteroatoms. The van der Waals surface area contributed by atoms with Gasteiger partial charge in [-0.15, -0.1) is 0 Å². The van der Waals surface area contributed by atoms with Gasteiger partial charge < -0.3 is 19.2 Å². The van der Waals surface area contributed by atoms with Crippen LogP contribution in [0.3, 0.4) is 0 Å². The van der Waals surface area contributed by atoms with Crippen LogP contribution in [0.15, 0.2) is 45.6 Å². The van der Waals surface area contributed by atoms with Crippen LogP contribution in [0.25, 0.3) is 11.0 Å². The molecule has 1 aromatic carbocycles. The number of nitrogens with zero attached hydrogens (tertiary/aromatic N) is 1. The average molecular weight is 343 g/mol. The second-order valence-corrected chi connectivity index (χ2v) is 5.86. The van der Waals surface area contributed by atoms with Crippen molar-refractivity contribution in [3.63, 3.8) is 0 Å². The first-order chi connectivity index (χ1) is 12.1. The highest BCUT2D eigenvalue weighted by molar-refractivity contribution is 5.77. The van der Waals surface area contributed by atoms with Crippen LogP contribution in [0.2, 0.25) is 0 Å². The van der Waals surface area contributed by atoms with Crippen LogP contribution in [0.5, 0.6) is 5.75 Å². The molecule has 3 rings (SSSR count). The van der Waals surface area contributed by atoms with E-state index in [1.807, 2.05) is 25.1 Å². The number of nitrogens with one attached hydrogen (secondary N) is 2. The SMILES string of the molecule is COCc1cc(CNC(C)COc2ccc3ccc(=O)oc3c2)n[nH]1. The number of fused-ring (bicyclic) bond motifs is 1. The Bertz CT molecular complexity index is 887. The van der Waals surface area contributed by atoms with Crippen molar-refractivity contribution in [2.75, 3.05) is 13.7 Å². The molecule has 7 nitrogen and oxygen atoms in total. The first kappa shape index (κ1) is 17.2. The molecule has 2 heterocycles. The fourth-order valence-corrected chi connectivity index (χ4v) is 2.42. The molecule has 1 atom stereocenters. The Morgan fingerprint density at radius 1 is 1.28 bits per heavy atom. The molecule has 0 saturated carbocycles. The summed E-state index contributed by atoms with van der Waals surface area (Å²) in [4.78, 5) is 11.3. The Kier molecular flexibility index (Phi) is 5.47. The first-order valence-corrected chi connectivity index (χ1v) is 8.06. The maximum Gasteiger partial charge on any atom is 0.336 e. The second-order valence-electron chi connectivity index (χ2n) is 5.86. The van der Waals surface area contributed by atoms with Gasteiger partial charge in [-0.3, -0.25) is 5.10 Å². The van der Waals surface area contributed by atoms with Crippen LogP contribution in [-0.2, 0) is 17.9 Å². The number of hydrogen-bond acceptors (Lipinski definition) is 6. The van der Waals surface area contributed by atoms with E-state index in [9.17, 15) is 4.79 Å². The molecular formula is C18H21N3O4. The summed E-state index contributed by atoms with van der Waals surface area (Å²) >= 11 is 0. The molecule has 25 heavy (non-hydrogen) atoms. The molecule has 0 bridgehead atoms. The standard InChI is InChI=1S/C18H21N3O4/c1-12(19-9-14-7-15(11-23-2)21-20-14)10-24-16-5-3-13-4-6-18(22)25-17(13)8-16/h3-8,12,19H,9-11H2,1-2H3,(H,20,21). The number of ether oxygens (including phenoxy) is 2. The highest BCUT2D eigenvalue weighted by Gasteiger charge is 2.07. The van der Waals surface area contributed by atoms with Gasteiger partial charge in [-0.1, -0.05) is 0 Å². The predicted octanol–water partition coefficient (Wildman–Crippen LogP) is 2.22. The zero-order valence-electron chi connectivity index (χ0n) is 14.2. The van der Waals surface area contributed by atoms with E-state index in [0.29, 0.717) is 31.1 Å². The third kappa shape index (κ3) is 4.68. The summed E-state index contributed by atoms with van der Waals surface area (Å²) in [6, 6.07) is 10.7. The third-order valence-corrected chi connectivity index (χ3v) is 3.71. The van der Waals surface area contributed by atoms with Crippen molar-refractivity contribution in [3.8, 4) is 5.75 Å². The van der Waals surface area contributed by atoms with Crippen LogP contribution in [0, 0.1) is 0 Å². The number of aromatic nitrogens is 2. The van der Waals surface area contributed by atoms with E-state index in [4.69, 9.17) is 13.9 Å². The van der Waals surface area contributed by atoms with Crippen molar-refractivity contribution in [1.82, 2.24) is 15.5 Å². The highest BCUT2D eigenvalue weighted by atomic mass is 16.5. The molecule has 132 valence electrons. The summed E-state index contributed by atoms with van der Waals surface area (Å²) in [6.45, 7) is 3.67. The lowest BCUT2D eigenvalue weighted by atomic mass is 10.2. The van der Waals surface area contributed by atoms with Crippen molar-refractivity contribution in [3.05, 3.63) is 58.2 Å². The summed E-state index contributed by atoms with van der Waals surface area (Å²) in [7, 11) is 1.65. The number of aromatic amines is 1. The van der Waals surface area contributed by atoms with Gasteiger partial charge in [0.2, 0.25) is 0 Å². The highest BCUT2D eigenvalue weighted by Crippen LogP contribution is 2.19. The lowest BCUT2D eigenvalue weighted by Crippen LogP contribution is -2.31. The average Bonchev–Trinajstić information content (AvgIpc) is 3.05. The van der Waals surface area contributed by atoms with Crippen LogP contribution < -0.4 is 15.7 Å². The molecule has 3 aromatic rings. The van der Waals surface area contributed by atoms with Crippen molar-refractivity contribution in [1.29, 1.82) is 0 Å². The van der Waals surface area contributed by atoms with Gasteiger partial charge in [0, 0.05) is 37.2 Å². The molecule has 0 aliphatic rings. The van der Waals surface area contributed by atoms with E-state index in [0.717, 1.165) is 16.8 Å². The van der Waals surface area contributed by atoms with Crippen LogP contribution in [0.1, 0.15) is 18.3 Å². The number of benzene rings is 1. The zero-order chi connectivity index (χ0) is 17.6. The quantitative estimate of drug-likeness (QED) is 0.610. The lowest BCUT2D eigenvalue weighted by Gasteiger charge is -2.14. The minimum Gasteiger partial charge on any atom is -0.492 e. The largest absolute Gasteiger partial charge is 0.492 e. The van der Waals surface area contributed by atoms with Crippen LogP contribution in [0.4, 0.5) is 0 Å². The van der Waals surface area contributed by atoms with E-state index < -0.39 is 0 Å². The van der Waals surface area contributed by atoms with Gasteiger partial charge >= 0.3 is 5.63 Å². The Hall–Kier alpha value is -2.64. The molecule has 1 unspecified atom stereocenters. The number of rotatable bonds is 8. The van der Waals surface area contributed by atoms with Gasteiger partial charge in [0.15, 0.2) is 0 Å². The maximum absolute atomic E-state index is 11.3. The van der Waals surface area contributed by atoms with E-state index in [1.54, 1.807) is 19.2 Å². The van der Waals surface area contributed by atoms with E-state index >= 15 is 0 Å². The third-order valence-electron chi connectivity index (χ3n) is 3.71. The summed E-state index contributed by atoms with van der Waals surface area (Å²) < 4.78 is 16.0. The van der Waals surface area contributed by atoms with Gasteiger partial charge in [0.05, 0.1) is 18.0 Å². The number of methoxy groups -OCH3 is 1. The fraction of sp³-hybridized carbons (Fsp3) is 0.333. The van der Waals surface area contributed by atoms with Gasteiger partial charge in [-0.2, -0.15) is 5.10 Å². The predicted molar refractivity (Wildman–Crippen MR) is 93.6 cm³/mol. The topological polar surface area (TPSA) is 89.4 Å². The normalized spacial score (nSPS) is 12.4. The van der Waals surface area contributed by atoms with Crippen molar-refractivity contribution in [2.24, 2.45) is 0 Å². The monoisotopic (exact) mass is 343 g/mol. The van der Waals surface area contributed by atoms with Crippen molar-refractivity contribution >= 4 is 11.0 Å². The smallest absolute Gasteiger partial charge is 0.336 e. The van der Waals surface area contributed by atoms with E-state index in [2.05, 4.69) is 15.5 Å². The molecule has 2 N–H and O–H groups in total. The number of H-pyrrole nitrogens is 1. The molecule has 0 aliphatic heterocycles. The van der Waals surface area contributed by atoms with Gasteiger partial charge in [0.25, 0.3) is 0 Å². The summed E-state index contributed by atoms with van der Waals surface area (Å²) in [5.41, 5.74) is 2.02. The molecule has 0 aliphatic carbocycles. The lowest BCUT2D eigenvalue weighted by molar-refractivity contribution is 0.181. The Labute approximate surface area is 145 Å². The summed E-state index contributed by atoms with van der Waals surface area (Å²) in [5.74, 6) is 0.664. The Morgan fingerprint density at radius 2 is 2.12 bits per heavy atom. The Balaban J connectivity index is 1.51. The number of hydrogen-bond donors (Lipinski definition) is 2. The fourth-order valence-electron chi connectivity index (χ4n) is 2.42. The van der Waals surface area contributed by atoms with Crippen LogP contribution in [-0.4, -0.2) is 30.0 Å². The zero-order valence-corrected chi connectivity index (χ0v) is 14.2. The molecular weight excluding hydrogens is 322 g/mol. The van der Waals surface area contributed by atoms with Crippen LogP contribution >= 0.6 is 0 Å². The molecule has 0 fully saturated rings. The second kappa shape index (κ2) is 7.96. The molecule has 0 amide bonds. The maximum atomic E-state index is 11.3. The molecule has 2 aromatic heterocycles. The van der Waals surface area contributed by atoms with E-state index in [1.165, 1.54) is 6.07 Å². The van der Waals surface area contributed by atoms with Crippen molar-refractivity contribution in [2.45, 2.75) is 26.1 Å².